The molecule has 0 fully saturated rings. The van der Waals surface area contributed by atoms with Crippen molar-refractivity contribution in [2.75, 3.05) is 14.2 Å². The molecule has 6 nitrogen and oxygen atoms in total. The molecule has 0 radical (unpaired) electrons. The van der Waals surface area contributed by atoms with E-state index in [-0.39, 0.29) is 22.7 Å². The molecule has 1 N–H and O–H groups in total. The number of benzene rings is 1. The van der Waals surface area contributed by atoms with E-state index in [1.165, 1.54) is 26.4 Å². The van der Waals surface area contributed by atoms with Crippen molar-refractivity contribution in [2.45, 2.75) is 0 Å². The van der Waals surface area contributed by atoms with Gasteiger partial charge in [-0.1, -0.05) is 0 Å². The largest absolute Gasteiger partial charge is 0.496 e. The summed E-state index contributed by atoms with van der Waals surface area (Å²) in [5.41, 5.74) is -0.399. The number of methoxy groups -OCH3 is 2. The van der Waals surface area contributed by atoms with Gasteiger partial charge in [0.25, 0.3) is 0 Å². The minimum atomic E-state index is -1.25. The van der Waals surface area contributed by atoms with E-state index in [0.29, 0.717) is 0 Å². The Morgan fingerprint density at radius 2 is 1.87 bits per heavy atom. The first kappa shape index (κ1) is 10.8. The van der Waals surface area contributed by atoms with Crippen molar-refractivity contribution in [1.29, 1.82) is 5.39 Å². The van der Waals surface area contributed by atoms with Crippen LogP contribution in [0.2, 0.25) is 0 Å². The van der Waals surface area contributed by atoms with E-state index in [0.717, 1.165) is 0 Å². The normalized spacial score (nSPS) is 9.13. The molecule has 0 saturated carbocycles. The highest BCUT2D eigenvalue weighted by Crippen LogP contribution is 2.37. The quantitative estimate of drug-likeness (QED) is 0.768. The predicted molar refractivity (Wildman–Crippen MR) is 51.2 cm³/mol. The van der Waals surface area contributed by atoms with Crippen LogP contribution in [0.4, 0.5) is 5.69 Å². The van der Waals surface area contributed by atoms with Crippen LogP contribution < -0.4 is 9.47 Å². The molecule has 0 heterocycles. The number of nitrogens with zero attached hydrogens (tertiary/aromatic N) is 2. The average molecular weight is 209 g/mol. The monoisotopic (exact) mass is 209 g/mol. The molecule has 0 amide bonds. The zero-order valence-electron chi connectivity index (χ0n) is 8.22. The van der Waals surface area contributed by atoms with Gasteiger partial charge in [0.2, 0.25) is 16.7 Å². The Bertz CT molecular complexity index is 436. The fourth-order valence-corrected chi connectivity index (χ4v) is 1.19. The second-order valence-electron chi connectivity index (χ2n) is 2.60. The lowest BCUT2D eigenvalue weighted by atomic mass is 10.1. The first-order valence-corrected chi connectivity index (χ1v) is 3.99. The van der Waals surface area contributed by atoms with Gasteiger partial charge in [-0.15, -0.1) is 0 Å². The SMILES string of the molecule is COc1ccc(OC)c(C(=O)O)c1[N+]#N. The third kappa shape index (κ3) is 1.81. The fourth-order valence-electron chi connectivity index (χ4n) is 1.19. The molecule has 0 aliphatic carbocycles. The molecule has 0 unspecified atom stereocenters. The average Bonchev–Trinajstić information content (AvgIpc) is 2.26. The van der Waals surface area contributed by atoms with Gasteiger partial charge in [0.05, 0.1) is 14.2 Å². The van der Waals surface area contributed by atoms with E-state index in [9.17, 15) is 4.79 Å². The molecule has 6 heteroatoms. The molecule has 0 saturated heterocycles. The highest BCUT2D eigenvalue weighted by Gasteiger charge is 2.30. The highest BCUT2D eigenvalue weighted by atomic mass is 16.5. The van der Waals surface area contributed by atoms with Gasteiger partial charge in [0, 0.05) is 0 Å². The molecule has 1 aromatic rings. The summed E-state index contributed by atoms with van der Waals surface area (Å²) in [6.45, 7) is 0. The topological polar surface area (TPSA) is 83.9 Å². The number of carboxylic acid groups (broad SMARTS) is 1. The van der Waals surface area contributed by atoms with Crippen molar-refractivity contribution in [1.82, 2.24) is 0 Å². The predicted octanol–water partition coefficient (Wildman–Crippen LogP) is 1.89. The number of rotatable bonds is 3. The second-order valence-corrected chi connectivity index (χ2v) is 2.60. The van der Waals surface area contributed by atoms with Gasteiger partial charge in [-0.3, -0.25) is 0 Å². The molecule has 0 aliphatic rings. The van der Waals surface area contributed by atoms with E-state index >= 15 is 0 Å². The van der Waals surface area contributed by atoms with E-state index in [1.807, 2.05) is 0 Å². The summed E-state index contributed by atoms with van der Waals surface area (Å²) in [4.78, 5) is 13.8. The maximum Gasteiger partial charge on any atom is 0.444 e. The van der Waals surface area contributed by atoms with Crippen LogP contribution in [0, 0.1) is 5.39 Å². The van der Waals surface area contributed by atoms with Crippen LogP contribution in [0.3, 0.4) is 0 Å². The van der Waals surface area contributed by atoms with Crippen LogP contribution >= 0.6 is 0 Å². The molecule has 78 valence electrons. The smallest absolute Gasteiger partial charge is 0.444 e. The van der Waals surface area contributed by atoms with Crippen LogP contribution in [0.1, 0.15) is 10.4 Å². The summed E-state index contributed by atoms with van der Waals surface area (Å²) >= 11 is 0. The maximum atomic E-state index is 10.9. The van der Waals surface area contributed by atoms with Gasteiger partial charge in [-0.25, -0.2) is 4.79 Å². The molecule has 0 aromatic heterocycles. The van der Waals surface area contributed by atoms with Crippen LogP contribution in [0.5, 0.6) is 11.5 Å². The summed E-state index contributed by atoms with van der Waals surface area (Å²) in [5, 5.41) is 17.6. The Kier molecular flexibility index (Phi) is 3.08. The van der Waals surface area contributed by atoms with E-state index in [1.54, 1.807) is 0 Å². The van der Waals surface area contributed by atoms with Crippen molar-refractivity contribution in [3.63, 3.8) is 0 Å². The van der Waals surface area contributed by atoms with Crippen LogP contribution in [-0.4, -0.2) is 25.3 Å². The Hall–Kier alpha value is -2.29. The minimum absolute atomic E-state index is 0.108. The molecular weight excluding hydrogens is 200 g/mol. The van der Waals surface area contributed by atoms with Crippen molar-refractivity contribution in [2.24, 2.45) is 0 Å². The molecular formula is C9H9N2O4+. The molecule has 1 aromatic carbocycles. The molecule has 15 heavy (non-hydrogen) atoms. The van der Waals surface area contributed by atoms with Crippen molar-refractivity contribution in [3.05, 3.63) is 22.7 Å². The second kappa shape index (κ2) is 4.28. The van der Waals surface area contributed by atoms with E-state index in [2.05, 4.69) is 4.98 Å². The number of hydrogen-bond acceptors (Lipinski definition) is 4. The number of carbonyl (C=O) groups is 1. The lowest BCUT2D eigenvalue weighted by molar-refractivity contribution is 0.0694. The van der Waals surface area contributed by atoms with Crippen molar-refractivity contribution in [3.8, 4) is 11.5 Å². The summed E-state index contributed by atoms with van der Waals surface area (Å²) < 4.78 is 9.70. The minimum Gasteiger partial charge on any atom is -0.496 e. The van der Waals surface area contributed by atoms with Gasteiger partial charge in [0.15, 0.2) is 4.98 Å². The zero-order chi connectivity index (χ0) is 11.4. The van der Waals surface area contributed by atoms with Gasteiger partial charge in [0.1, 0.15) is 5.75 Å². The summed E-state index contributed by atoms with van der Waals surface area (Å²) in [5.74, 6) is -0.981. The van der Waals surface area contributed by atoms with Crippen LogP contribution in [-0.2, 0) is 0 Å². The third-order valence-electron chi connectivity index (χ3n) is 1.86. The molecule has 0 bridgehead atoms. The number of carboxylic acids is 1. The Labute approximate surface area is 85.7 Å². The summed E-state index contributed by atoms with van der Waals surface area (Å²) in [6.07, 6.45) is 0. The Morgan fingerprint density at radius 1 is 1.33 bits per heavy atom. The molecule has 1 rings (SSSR count). The van der Waals surface area contributed by atoms with Gasteiger partial charge < -0.3 is 14.6 Å². The fraction of sp³-hybridized carbons (Fsp3) is 0.222. The lowest BCUT2D eigenvalue weighted by Gasteiger charge is -2.03. The van der Waals surface area contributed by atoms with E-state index in [4.69, 9.17) is 20.0 Å². The van der Waals surface area contributed by atoms with E-state index < -0.39 is 5.97 Å². The number of aromatic carboxylic acids is 1. The number of ether oxygens (including phenoxy) is 2. The molecule has 0 spiro atoms. The lowest BCUT2D eigenvalue weighted by Crippen LogP contribution is -2.01. The van der Waals surface area contributed by atoms with Crippen LogP contribution in [0.25, 0.3) is 4.98 Å². The molecule has 0 atom stereocenters. The highest BCUT2D eigenvalue weighted by molar-refractivity contribution is 5.99. The third-order valence-corrected chi connectivity index (χ3v) is 1.86. The first-order valence-electron chi connectivity index (χ1n) is 3.99. The van der Waals surface area contributed by atoms with Crippen molar-refractivity contribution >= 4 is 11.7 Å². The number of hydrogen-bond donors (Lipinski definition) is 1. The summed E-state index contributed by atoms with van der Waals surface area (Å²) in [6, 6.07) is 2.89. The molecule has 0 aliphatic heterocycles. The summed E-state index contributed by atoms with van der Waals surface area (Å²) in [7, 11) is 2.68. The Balaban J connectivity index is 3.53. The first-order chi connectivity index (χ1) is 7.15. The van der Waals surface area contributed by atoms with Gasteiger partial charge >= 0.3 is 11.7 Å². The van der Waals surface area contributed by atoms with Crippen molar-refractivity contribution < 1.29 is 19.4 Å². The Morgan fingerprint density at radius 3 is 2.27 bits per heavy atom. The number of diazo groups is 1. The van der Waals surface area contributed by atoms with Crippen LogP contribution in [0.15, 0.2) is 12.1 Å². The standard InChI is InChI=1S/C9H8N2O4/c1-14-5-3-4-6(15-2)8(11-10)7(5)9(12)13/h3-4H,1-2H3/p+1. The zero-order valence-corrected chi connectivity index (χ0v) is 8.22. The van der Waals surface area contributed by atoms with Gasteiger partial charge in [-0.2, -0.15) is 0 Å². The van der Waals surface area contributed by atoms with Gasteiger partial charge in [-0.05, 0) is 12.1 Å². The maximum absolute atomic E-state index is 10.9.